The second-order valence-corrected chi connectivity index (χ2v) is 9.29. The highest BCUT2D eigenvalue weighted by atomic mass is 79.9. The van der Waals surface area contributed by atoms with Gasteiger partial charge < -0.3 is 10.2 Å². The summed E-state index contributed by atoms with van der Waals surface area (Å²) in [7, 11) is 0. The minimum Gasteiger partial charge on any atom is -0.506 e. The van der Waals surface area contributed by atoms with Crippen molar-refractivity contribution in [3.05, 3.63) is 26.1 Å². The molecule has 1 aromatic rings. The minimum absolute atomic E-state index is 0.113. The first kappa shape index (κ1) is 15.5. The van der Waals surface area contributed by atoms with E-state index >= 15 is 0 Å². The first-order chi connectivity index (χ1) is 10.4. The topological polar surface area (TPSA) is 40.5 Å². The summed E-state index contributed by atoms with van der Waals surface area (Å²) >= 11 is 7.09. The Morgan fingerprint density at radius 1 is 1.18 bits per heavy atom. The number of phenolic OH excluding ortho intramolecular Hbond substituents is 1. The lowest BCUT2D eigenvalue weighted by atomic mass is 9.55. The quantitative estimate of drug-likeness (QED) is 0.599. The van der Waals surface area contributed by atoms with E-state index < -0.39 is 0 Å². The van der Waals surface area contributed by atoms with Gasteiger partial charge in [-0.3, -0.25) is 0 Å². The molecule has 3 aliphatic rings. The zero-order chi connectivity index (χ0) is 15.6. The summed E-state index contributed by atoms with van der Waals surface area (Å²) in [5, 5.41) is 20.6. The van der Waals surface area contributed by atoms with Crippen LogP contribution in [0.3, 0.4) is 0 Å². The number of aromatic hydroxyl groups is 1. The Balaban J connectivity index is 1.76. The maximum atomic E-state index is 10.4. The average molecular weight is 430 g/mol. The lowest BCUT2D eigenvalue weighted by molar-refractivity contribution is -0.0226. The molecule has 1 aromatic carbocycles. The summed E-state index contributed by atoms with van der Waals surface area (Å²) in [5.41, 5.74) is 2.84. The molecular weight excluding hydrogens is 408 g/mol. The molecule has 22 heavy (non-hydrogen) atoms. The average Bonchev–Trinajstić information content (AvgIpc) is 2.80. The Morgan fingerprint density at radius 2 is 1.95 bits per heavy atom. The third-order valence-electron chi connectivity index (χ3n) is 6.84. The maximum Gasteiger partial charge on any atom is 0.144 e. The predicted octanol–water partition coefficient (Wildman–Crippen LogP) is 5.13. The molecule has 0 aliphatic heterocycles. The van der Waals surface area contributed by atoms with Gasteiger partial charge >= 0.3 is 0 Å². The highest BCUT2D eigenvalue weighted by molar-refractivity contribution is 9.11. The van der Waals surface area contributed by atoms with Crippen LogP contribution in [0.1, 0.15) is 56.1 Å². The molecule has 3 aliphatic carbocycles. The van der Waals surface area contributed by atoms with E-state index in [2.05, 4.69) is 44.8 Å². The minimum atomic E-state index is -0.113. The molecule has 4 heteroatoms. The van der Waals surface area contributed by atoms with Crippen molar-refractivity contribution in [3.8, 4) is 5.75 Å². The first-order valence-electron chi connectivity index (χ1n) is 8.31. The van der Waals surface area contributed by atoms with Crippen LogP contribution in [0.15, 0.2) is 15.0 Å². The molecule has 0 saturated heterocycles. The van der Waals surface area contributed by atoms with Crippen LogP contribution in [-0.2, 0) is 6.42 Å². The van der Waals surface area contributed by atoms with E-state index in [0.29, 0.717) is 23.5 Å². The van der Waals surface area contributed by atoms with Gasteiger partial charge in [-0.2, -0.15) is 0 Å². The van der Waals surface area contributed by atoms with Crippen molar-refractivity contribution in [1.29, 1.82) is 0 Å². The largest absolute Gasteiger partial charge is 0.506 e. The Kier molecular flexibility index (Phi) is 3.67. The van der Waals surface area contributed by atoms with Gasteiger partial charge in [0.1, 0.15) is 5.75 Å². The molecule has 4 rings (SSSR count). The highest BCUT2D eigenvalue weighted by Gasteiger charge is 2.54. The van der Waals surface area contributed by atoms with Crippen molar-refractivity contribution in [2.75, 3.05) is 0 Å². The molecule has 2 N–H and O–H groups in total. The van der Waals surface area contributed by atoms with Crippen LogP contribution in [0.25, 0.3) is 0 Å². The van der Waals surface area contributed by atoms with Crippen molar-refractivity contribution in [2.24, 2.45) is 17.3 Å². The molecular formula is C18H22Br2O2. The summed E-state index contributed by atoms with van der Waals surface area (Å²) in [5.74, 6) is 2.25. The molecule has 1 unspecified atom stereocenters. The van der Waals surface area contributed by atoms with Crippen molar-refractivity contribution in [2.45, 2.75) is 57.5 Å². The monoisotopic (exact) mass is 428 g/mol. The van der Waals surface area contributed by atoms with E-state index in [9.17, 15) is 10.2 Å². The van der Waals surface area contributed by atoms with Crippen LogP contribution >= 0.6 is 31.9 Å². The van der Waals surface area contributed by atoms with E-state index in [1.165, 1.54) is 24.0 Å². The van der Waals surface area contributed by atoms with Crippen molar-refractivity contribution in [3.63, 3.8) is 0 Å². The predicted molar refractivity (Wildman–Crippen MR) is 94.1 cm³/mol. The molecule has 0 spiro atoms. The van der Waals surface area contributed by atoms with Gasteiger partial charge in [0.25, 0.3) is 0 Å². The third-order valence-corrected chi connectivity index (χ3v) is 8.30. The van der Waals surface area contributed by atoms with Gasteiger partial charge in [-0.1, -0.05) is 6.92 Å². The van der Waals surface area contributed by atoms with E-state index in [1.807, 2.05) is 0 Å². The van der Waals surface area contributed by atoms with Gasteiger partial charge in [0.15, 0.2) is 0 Å². The SMILES string of the molecule is C[C@]12CC[C@@H]3c4cc(Br)c(O)c(Br)c4CC[C@H]3[C@@H]1CCC2O. The van der Waals surface area contributed by atoms with E-state index in [1.54, 1.807) is 0 Å². The molecule has 0 radical (unpaired) electrons. The van der Waals surface area contributed by atoms with Crippen molar-refractivity contribution in [1.82, 2.24) is 0 Å². The van der Waals surface area contributed by atoms with Crippen molar-refractivity contribution < 1.29 is 10.2 Å². The standard InChI is InChI=1S/C18H22Br2O2/c1-18-7-6-9-10(13(18)4-5-15(18)21)2-3-11-12(9)8-14(19)17(22)16(11)20/h8-10,13,15,21-22H,2-7H2,1H3/t9-,10+,13-,15?,18-/m0/s1. The first-order valence-corrected chi connectivity index (χ1v) is 9.90. The van der Waals surface area contributed by atoms with Crippen molar-refractivity contribution >= 4 is 31.9 Å². The van der Waals surface area contributed by atoms with Crippen LogP contribution in [0.5, 0.6) is 5.75 Å². The zero-order valence-corrected chi connectivity index (χ0v) is 16.0. The number of aliphatic hydroxyl groups excluding tert-OH is 1. The smallest absolute Gasteiger partial charge is 0.144 e. The van der Waals surface area contributed by atoms with Gasteiger partial charge in [-0.05, 0) is 111 Å². The zero-order valence-electron chi connectivity index (χ0n) is 12.8. The highest BCUT2D eigenvalue weighted by Crippen LogP contribution is 2.61. The number of hydrogen-bond acceptors (Lipinski definition) is 2. The number of halogens is 2. The molecule has 2 saturated carbocycles. The Hall–Kier alpha value is -0.0600. The van der Waals surface area contributed by atoms with E-state index in [0.717, 1.165) is 34.6 Å². The number of benzene rings is 1. The maximum absolute atomic E-state index is 10.4. The van der Waals surface area contributed by atoms with Crippen LogP contribution in [0.2, 0.25) is 0 Å². The molecule has 5 atom stereocenters. The van der Waals surface area contributed by atoms with Crippen LogP contribution in [0.4, 0.5) is 0 Å². The van der Waals surface area contributed by atoms with E-state index in [4.69, 9.17) is 0 Å². The molecule has 0 heterocycles. The van der Waals surface area contributed by atoms with Gasteiger partial charge in [0, 0.05) is 0 Å². The fourth-order valence-electron chi connectivity index (χ4n) is 5.61. The number of aliphatic hydroxyl groups is 1. The Labute approximate surface area is 148 Å². The van der Waals surface area contributed by atoms with Gasteiger partial charge in [0.2, 0.25) is 0 Å². The van der Waals surface area contributed by atoms with E-state index in [-0.39, 0.29) is 11.5 Å². The summed E-state index contributed by atoms with van der Waals surface area (Å²) in [6.45, 7) is 2.31. The molecule has 0 aromatic heterocycles. The summed E-state index contributed by atoms with van der Waals surface area (Å²) in [6.07, 6.45) is 6.53. The van der Waals surface area contributed by atoms with Crippen LogP contribution in [0, 0.1) is 17.3 Å². The fourth-order valence-corrected chi connectivity index (χ4v) is 6.96. The number of rotatable bonds is 0. The summed E-state index contributed by atoms with van der Waals surface area (Å²) in [6, 6.07) is 2.14. The van der Waals surface area contributed by atoms with Gasteiger partial charge in [-0.15, -0.1) is 0 Å². The Morgan fingerprint density at radius 3 is 2.73 bits per heavy atom. The number of phenols is 1. The number of hydrogen-bond donors (Lipinski definition) is 2. The third kappa shape index (κ3) is 1.99. The second-order valence-electron chi connectivity index (χ2n) is 7.64. The van der Waals surface area contributed by atoms with Crippen LogP contribution in [-0.4, -0.2) is 16.3 Å². The second kappa shape index (κ2) is 5.22. The molecule has 2 nitrogen and oxygen atoms in total. The lowest BCUT2D eigenvalue weighted by Crippen LogP contribution is -2.44. The van der Waals surface area contributed by atoms with Gasteiger partial charge in [-0.25, -0.2) is 0 Å². The Bertz CT molecular complexity index is 630. The summed E-state index contributed by atoms with van der Waals surface area (Å²) < 4.78 is 1.66. The normalized spacial score (nSPS) is 40.0. The molecule has 0 amide bonds. The summed E-state index contributed by atoms with van der Waals surface area (Å²) in [4.78, 5) is 0. The van der Waals surface area contributed by atoms with Gasteiger partial charge in [0.05, 0.1) is 15.0 Å². The number of fused-ring (bicyclic) bond motifs is 5. The molecule has 120 valence electrons. The van der Waals surface area contributed by atoms with Crippen LogP contribution < -0.4 is 0 Å². The fraction of sp³-hybridized carbons (Fsp3) is 0.667. The lowest BCUT2D eigenvalue weighted by Gasteiger charge is -2.50. The molecule has 2 fully saturated rings. The molecule has 0 bridgehead atoms.